The number of nitrogens with zero attached hydrogens (tertiary/aromatic N) is 1. The van der Waals surface area contributed by atoms with Gasteiger partial charge in [0.15, 0.2) is 0 Å². The van der Waals surface area contributed by atoms with E-state index in [4.69, 9.17) is 4.52 Å². The Morgan fingerprint density at radius 3 is 2.94 bits per heavy atom. The summed E-state index contributed by atoms with van der Waals surface area (Å²) in [4.78, 5) is 0. The van der Waals surface area contributed by atoms with E-state index in [1.54, 1.807) is 6.26 Å². The van der Waals surface area contributed by atoms with Gasteiger partial charge in [0.2, 0.25) is 0 Å². The summed E-state index contributed by atoms with van der Waals surface area (Å²) in [5.74, 6) is 1.76. The van der Waals surface area contributed by atoms with E-state index in [0.29, 0.717) is 6.04 Å². The van der Waals surface area contributed by atoms with Crippen LogP contribution < -0.4 is 5.32 Å². The van der Waals surface area contributed by atoms with Crippen molar-refractivity contribution in [2.75, 3.05) is 0 Å². The van der Waals surface area contributed by atoms with Crippen LogP contribution in [0.2, 0.25) is 0 Å². The second-order valence-electron chi connectivity index (χ2n) is 5.58. The van der Waals surface area contributed by atoms with E-state index in [1.807, 2.05) is 6.07 Å². The number of rotatable bonds is 4. The quantitative estimate of drug-likeness (QED) is 0.814. The van der Waals surface area contributed by atoms with Crippen LogP contribution in [0, 0.1) is 11.8 Å². The predicted octanol–water partition coefficient (Wildman–Crippen LogP) is 3.37. The second kappa shape index (κ2) is 6.20. The highest BCUT2D eigenvalue weighted by Gasteiger charge is 2.20. The first-order chi connectivity index (χ1) is 8.25. The van der Waals surface area contributed by atoms with Crippen molar-refractivity contribution in [2.24, 2.45) is 11.8 Å². The van der Waals surface area contributed by atoms with E-state index in [0.717, 1.165) is 24.1 Å². The van der Waals surface area contributed by atoms with Crippen LogP contribution in [-0.2, 0) is 6.54 Å². The van der Waals surface area contributed by atoms with E-state index in [2.05, 4.69) is 24.3 Å². The van der Waals surface area contributed by atoms with Crippen LogP contribution >= 0.6 is 0 Å². The Labute approximate surface area is 104 Å². The Hall–Kier alpha value is -0.830. The summed E-state index contributed by atoms with van der Waals surface area (Å²) in [6.45, 7) is 5.55. The second-order valence-corrected chi connectivity index (χ2v) is 5.58. The highest BCUT2D eigenvalue weighted by molar-refractivity contribution is 4.95. The molecule has 1 aliphatic rings. The number of hydrogen-bond donors (Lipinski definition) is 1. The smallest absolute Gasteiger partial charge is 0.124 e. The van der Waals surface area contributed by atoms with Crippen molar-refractivity contribution in [3.63, 3.8) is 0 Å². The highest BCUT2D eigenvalue weighted by atomic mass is 16.5. The molecule has 0 aliphatic heterocycles. The standard InChI is InChI=1S/C14H24N2O/c1-11(2)12-4-3-5-13(7-6-12)15-10-14-8-9-17-16-14/h8-9,11-13,15H,3-7,10H2,1-2H3. The van der Waals surface area contributed by atoms with Crippen LogP contribution in [0.25, 0.3) is 0 Å². The van der Waals surface area contributed by atoms with Gasteiger partial charge in [-0.1, -0.05) is 31.8 Å². The summed E-state index contributed by atoms with van der Waals surface area (Å²) in [6.07, 6.45) is 8.38. The molecule has 0 spiro atoms. The molecule has 2 atom stereocenters. The lowest BCUT2D eigenvalue weighted by Gasteiger charge is -2.18. The maximum absolute atomic E-state index is 4.84. The van der Waals surface area contributed by atoms with E-state index in [1.165, 1.54) is 32.1 Å². The summed E-state index contributed by atoms with van der Waals surface area (Å²) in [5.41, 5.74) is 1.01. The van der Waals surface area contributed by atoms with Gasteiger partial charge in [-0.2, -0.15) is 0 Å². The minimum atomic E-state index is 0.662. The molecule has 96 valence electrons. The molecule has 0 amide bonds. The van der Waals surface area contributed by atoms with Gasteiger partial charge in [0.1, 0.15) is 6.26 Å². The number of nitrogens with one attached hydrogen (secondary N) is 1. The molecule has 1 saturated carbocycles. The molecule has 3 nitrogen and oxygen atoms in total. The van der Waals surface area contributed by atoms with Crippen LogP contribution in [0.1, 0.15) is 51.6 Å². The topological polar surface area (TPSA) is 38.1 Å². The van der Waals surface area contributed by atoms with Gasteiger partial charge in [-0.3, -0.25) is 0 Å². The third-order valence-electron chi connectivity index (χ3n) is 4.02. The number of hydrogen-bond acceptors (Lipinski definition) is 3. The van der Waals surface area contributed by atoms with Crippen LogP contribution in [0.3, 0.4) is 0 Å². The molecule has 2 rings (SSSR count). The Morgan fingerprint density at radius 2 is 2.24 bits per heavy atom. The fourth-order valence-corrected chi connectivity index (χ4v) is 2.78. The van der Waals surface area contributed by atoms with Crippen molar-refractivity contribution in [3.05, 3.63) is 18.0 Å². The van der Waals surface area contributed by atoms with Gasteiger partial charge in [-0.05, 0) is 31.1 Å². The lowest BCUT2D eigenvalue weighted by Crippen LogP contribution is -2.28. The zero-order valence-corrected chi connectivity index (χ0v) is 11.0. The van der Waals surface area contributed by atoms with E-state index in [9.17, 15) is 0 Å². The zero-order valence-electron chi connectivity index (χ0n) is 11.0. The first-order valence-corrected chi connectivity index (χ1v) is 6.88. The van der Waals surface area contributed by atoms with Gasteiger partial charge in [0.25, 0.3) is 0 Å². The normalized spacial score (nSPS) is 26.1. The zero-order chi connectivity index (χ0) is 12.1. The molecule has 1 aromatic rings. The summed E-state index contributed by atoms with van der Waals surface area (Å²) in [6, 6.07) is 2.59. The van der Waals surface area contributed by atoms with Crippen LogP contribution in [0.5, 0.6) is 0 Å². The molecule has 3 heteroatoms. The molecule has 1 aliphatic carbocycles. The molecule has 0 saturated heterocycles. The van der Waals surface area contributed by atoms with E-state index < -0.39 is 0 Å². The largest absolute Gasteiger partial charge is 0.364 e. The average Bonchev–Trinajstić information content (AvgIpc) is 2.70. The van der Waals surface area contributed by atoms with E-state index >= 15 is 0 Å². The molecule has 1 heterocycles. The molecule has 1 aromatic heterocycles. The molecule has 1 N–H and O–H groups in total. The number of aromatic nitrogens is 1. The molecular formula is C14H24N2O. The van der Waals surface area contributed by atoms with Crippen molar-refractivity contribution < 1.29 is 4.52 Å². The Kier molecular flexibility index (Phi) is 4.60. The Bertz CT molecular complexity index is 308. The van der Waals surface area contributed by atoms with E-state index in [-0.39, 0.29) is 0 Å². The molecule has 1 fully saturated rings. The van der Waals surface area contributed by atoms with Crippen molar-refractivity contribution in [1.82, 2.24) is 10.5 Å². The Morgan fingerprint density at radius 1 is 1.35 bits per heavy atom. The Balaban J connectivity index is 1.75. The highest BCUT2D eigenvalue weighted by Crippen LogP contribution is 2.28. The van der Waals surface area contributed by atoms with Gasteiger partial charge in [0.05, 0.1) is 5.69 Å². The van der Waals surface area contributed by atoms with Crippen LogP contribution in [-0.4, -0.2) is 11.2 Å². The first-order valence-electron chi connectivity index (χ1n) is 6.88. The molecule has 17 heavy (non-hydrogen) atoms. The third kappa shape index (κ3) is 3.84. The summed E-state index contributed by atoms with van der Waals surface area (Å²) in [5, 5.41) is 7.53. The molecule has 0 aromatic carbocycles. The monoisotopic (exact) mass is 236 g/mol. The van der Waals surface area contributed by atoms with Gasteiger partial charge in [-0.25, -0.2) is 0 Å². The summed E-state index contributed by atoms with van der Waals surface area (Å²) < 4.78 is 4.84. The van der Waals surface area contributed by atoms with Crippen molar-refractivity contribution in [3.8, 4) is 0 Å². The fourth-order valence-electron chi connectivity index (χ4n) is 2.78. The van der Waals surface area contributed by atoms with Crippen molar-refractivity contribution >= 4 is 0 Å². The van der Waals surface area contributed by atoms with Crippen molar-refractivity contribution in [1.29, 1.82) is 0 Å². The van der Waals surface area contributed by atoms with Gasteiger partial charge >= 0.3 is 0 Å². The minimum absolute atomic E-state index is 0.662. The summed E-state index contributed by atoms with van der Waals surface area (Å²) in [7, 11) is 0. The van der Waals surface area contributed by atoms with Gasteiger partial charge in [0, 0.05) is 18.7 Å². The van der Waals surface area contributed by atoms with Crippen LogP contribution in [0.4, 0.5) is 0 Å². The minimum Gasteiger partial charge on any atom is -0.364 e. The lowest BCUT2D eigenvalue weighted by molar-refractivity contribution is 0.337. The predicted molar refractivity (Wildman–Crippen MR) is 68.5 cm³/mol. The fraction of sp³-hybridized carbons (Fsp3) is 0.786. The van der Waals surface area contributed by atoms with Gasteiger partial charge < -0.3 is 9.84 Å². The third-order valence-corrected chi connectivity index (χ3v) is 4.02. The van der Waals surface area contributed by atoms with Crippen molar-refractivity contribution in [2.45, 2.75) is 58.5 Å². The molecule has 2 unspecified atom stereocenters. The molecular weight excluding hydrogens is 212 g/mol. The molecule has 0 radical (unpaired) electrons. The average molecular weight is 236 g/mol. The van der Waals surface area contributed by atoms with Gasteiger partial charge in [-0.15, -0.1) is 0 Å². The maximum atomic E-state index is 4.84. The SMILES string of the molecule is CC(C)C1CCCC(NCc2ccon2)CC1. The lowest BCUT2D eigenvalue weighted by atomic mass is 9.89. The molecule has 0 bridgehead atoms. The maximum Gasteiger partial charge on any atom is 0.124 e. The van der Waals surface area contributed by atoms with Crippen LogP contribution in [0.15, 0.2) is 16.9 Å². The summed E-state index contributed by atoms with van der Waals surface area (Å²) >= 11 is 0. The first kappa shape index (κ1) is 12.6.